The van der Waals surface area contributed by atoms with Gasteiger partial charge in [0.25, 0.3) is 0 Å². The molecule has 1 saturated heterocycles. The number of rotatable bonds is 2. The monoisotopic (exact) mass is 355 g/mol. The van der Waals surface area contributed by atoms with Gasteiger partial charge in [-0.3, -0.25) is 4.90 Å². The van der Waals surface area contributed by atoms with Crippen LogP contribution in [0.1, 0.15) is 54.4 Å². The van der Waals surface area contributed by atoms with Crippen molar-refractivity contribution in [2.75, 3.05) is 13.6 Å². The summed E-state index contributed by atoms with van der Waals surface area (Å²) in [7, 11) is 2.34. The maximum atomic E-state index is 6.33. The summed E-state index contributed by atoms with van der Waals surface area (Å²) in [6, 6.07) is 0. The third kappa shape index (κ3) is 2.31. The molecule has 0 aromatic heterocycles. The molecule has 3 aliphatic carbocycles. The van der Waals surface area contributed by atoms with Crippen LogP contribution < -0.4 is 0 Å². The molecule has 3 unspecified atom stereocenters. The summed E-state index contributed by atoms with van der Waals surface area (Å²) in [4.78, 5) is 2.64. The number of hydrogen-bond acceptors (Lipinski definition) is 2. The molecule has 2 nitrogen and oxygen atoms in total. The van der Waals surface area contributed by atoms with Crippen molar-refractivity contribution in [3.8, 4) is 0 Å². The van der Waals surface area contributed by atoms with Crippen LogP contribution in [0.4, 0.5) is 0 Å². The van der Waals surface area contributed by atoms with E-state index in [0.29, 0.717) is 29.1 Å². The number of allylic oxidation sites excluding steroid dienone is 2. The molecule has 0 saturated carbocycles. The van der Waals surface area contributed by atoms with Gasteiger partial charge in [-0.25, -0.2) is 0 Å². The van der Waals surface area contributed by atoms with Crippen LogP contribution in [0.2, 0.25) is 0 Å². The van der Waals surface area contributed by atoms with Gasteiger partial charge in [0.05, 0.1) is 12.2 Å². The highest BCUT2D eigenvalue weighted by molar-refractivity contribution is 5.47. The van der Waals surface area contributed by atoms with Crippen molar-refractivity contribution < 1.29 is 4.74 Å². The Morgan fingerprint density at radius 1 is 1.15 bits per heavy atom. The standard InChI is InChI=1S/C24H37NO/c1-15(2)26-20-10-9-19-14-23(6)21-11-8-16(3)18(5)24(21,12-13-25(23)7)22(19)17(20)4/h8-11,15-18,20-21H,12-14H2,1-7H3/t16-,17?,18-,20?,21?,23+,24-/m0/s1. The van der Waals surface area contributed by atoms with Crippen molar-refractivity contribution in [3.63, 3.8) is 0 Å². The highest BCUT2D eigenvalue weighted by Crippen LogP contribution is 2.65. The first kappa shape index (κ1) is 18.5. The topological polar surface area (TPSA) is 12.5 Å². The fraction of sp³-hybridized carbons (Fsp3) is 0.750. The minimum absolute atomic E-state index is 0.223. The lowest BCUT2D eigenvalue weighted by molar-refractivity contribution is -0.0876. The highest BCUT2D eigenvalue weighted by Gasteiger charge is 2.62. The third-order valence-corrected chi connectivity index (χ3v) is 8.43. The predicted octanol–water partition coefficient (Wildman–Crippen LogP) is 5.23. The van der Waals surface area contributed by atoms with Gasteiger partial charge in [0, 0.05) is 22.8 Å². The maximum absolute atomic E-state index is 6.33. The SMILES string of the molecule is CC(C)OC1C=CC2=C(C1C)[C@]13CCN(C)[C@](C)(C2)C1C=C[C@H](C)[C@@H]3C. The Labute approximate surface area is 160 Å². The molecule has 7 atom stereocenters. The van der Waals surface area contributed by atoms with E-state index in [1.54, 1.807) is 11.1 Å². The van der Waals surface area contributed by atoms with E-state index >= 15 is 0 Å². The summed E-state index contributed by atoms with van der Waals surface area (Å²) in [5.41, 5.74) is 3.88. The number of likely N-dealkylation sites (tertiary alicyclic amines) is 1. The molecular formula is C24H37NO. The maximum Gasteiger partial charge on any atom is 0.0825 e. The Kier molecular flexibility index (Phi) is 4.32. The van der Waals surface area contributed by atoms with Gasteiger partial charge in [-0.1, -0.05) is 50.6 Å². The summed E-state index contributed by atoms with van der Waals surface area (Å²) < 4.78 is 6.33. The molecule has 1 heterocycles. The van der Waals surface area contributed by atoms with Gasteiger partial charge in [-0.2, -0.15) is 0 Å². The van der Waals surface area contributed by atoms with Gasteiger partial charge in [0.15, 0.2) is 0 Å². The fourth-order valence-electron chi connectivity index (χ4n) is 6.82. The van der Waals surface area contributed by atoms with Crippen molar-refractivity contribution in [1.29, 1.82) is 0 Å². The average molecular weight is 356 g/mol. The summed E-state index contributed by atoms with van der Waals surface area (Å²) in [5, 5.41) is 0. The molecule has 0 amide bonds. The van der Waals surface area contributed by atoms with Crippen LogP contribution in [0.25, 0.3) is 0 Å². The van der Waals surface area contributed by atoms with Crippen molar-refractivity contribution >= 4 is 0 Å². The first-order chi connectivity index (χ1) is 12.2. The number of hydrogen-bond donors (Lipinski definition) is 0. The van der Waals surface area contributed by atoms with E-state index in [4.69, 9.17) is 4.74 Å². The predicted molar refractivity (Wildman–Crippen MR) is 109 cm³/mol. The lowest BCUT2D eigenvalue weighted by Gasteiger charge is -2.67. The lowest BCUT2D eigenvalue weighted by Crippen LogP contribution is -2.67. The van der Waals surface area contributed by atoms with E-state index < -0.39 is 0 Å². The Morgan fingerprint density at radius 2 is 1.88 bits per heavy atom. The first-order valence-corrected chi connectivity index (χ1v) is 10.7. The summed E-state index contributed by atoms with van der Waals surface area (Å²) >= 11 is 0. The Hall–Kier alpha value is -0.860. The molecule has 4 aliphatic rings. The normalized spacial score (nSPS) is 47.9. The zero-order valence-electron chi connectivity index (χ0n) is 17.8. The molecule has 2 bridgehead atoms. The van der Waals surface area contributed by atoms with Gasteiger partial charge in [-0.15, -0.1) is 0 Å². The van der Waals surface area contributed by atoms with Gasteiger partial charge in [0.1, 0.15) is 0 Å². The highest BCUT2D eigenvalue weighted by atomic mass is 16.5. The Balaban J connectivity index is 1.88. The molecule has 0 radical (unpaired) electrons. The molecule has 144 valence electrons. The summed E-state index contributed by atoms with van der Waals surface area (Å²) in [6.07, 6.45) is 12.8. The van der Waals surface area contributed by atoms with E-state index in [2.05, 4.69) is 77.8 Å². The van der Waals surface area contributed by atoms with Crippen molar-refractivity contribution in [1.82, 2.24) is 4.90 Å². The fourth-order valence-corrected chi connectivity index (χ4v) is 6.82. The molecule has 0 aromatic rings. The van der Waals surface area contributed by atoms with E-state index in [-0.39, 0.29) is 17.7 Å². The van der Waals surface area contributed by atoms with E-state index in [9.17, 15) is 0 Å². The van der Waals surface area contributed by atoms with Crippen LogP contribution in [0.3, 0.4) is 0 Å². The van der Waals surface area contributed by atoms with Crippen LogP contribution in [-0.4, -0.2) is 36.2 Å². The number of ether oxygens (including phenoxy) is 1. The third-order valence-electron chi connectivity index (χ3n) is 8.43. The van der Waals surface area contributed by atoms with Gasteiger partial charge < -0.3 is 4.74 Å². The van der Waals surface area contributed by atoms with Crippen molar-refractivity contribution in [3.05, 3.63) is 35.5 Å². The molecule has 26 heavy (non-hydrogen) atoms. The number of nitrogens with zero attached hydrogens (tertiary/aromatic N) is 1. The Morgan fingerprint density at radius 3 is 2.58 bits per heavy atom. The minimum Gasteiger partial charge on any atom is -0.371 e. The lowest BCUT2D eigenvalue weighted by atomic mass is 9.43. The van der Waals surface area contributed by atoms with Gasteiger partial charge in [-0.05, 0) is 64.6 Å². The minimum atomic E-state index is 0.223. The van der Waals surface area contributed by atoms with E-state index in [1.807, 2.05) is 0 Å². The molecule has 2 heteroatoms. The zero-order valence-corrected chi connectivity index (χ0v) is 17.8. The smallest absolute Gasteiger partial charge is 0.0825 e. The first-order valence-electron chi connectivity index (χ1n) is 10.7. The van der Waals surface area contributed by atoms with Crippen molar-refractivity contribution in [2.45, 2.75) is 72.1 Å². The van der Waals surface area contributed by atoms with Crippen LogP contribution in [0, 0.1) is 29.1 Å². The second-order valence-corrected chi connectivity index (χ2v) is 9.99. The largest absolute Gasteiger partial charge is 0.371 e. The van der Waals surface area contributed by atoms with E-state index in [1.165, 1.54) is 19.4 Å². The molecular weight excluding hydrogens is 318 g/mol. The Bertz CT molecular complexity index is 674. The van der Waals surface area contributed by atoms with Crippen LogP contribution >= 0.6 is 0 Å². The summed E-state index contributed by atoms with van der Waals surface area (Å²) in [6.45, 7) is 15.4. The zero-order chi connectivity index (χ0) is 18.9. The van der Waals surface area contributed by atoms with Crippen LogP contribution in [0.15, 0.2) is 35.5 Å². The van der Waals surface area contributed by atoms with Crippen molar-refractivity contribution in [2.24, 2.45) is 29.1 Å². The molecule has 1 fully saturated rings. The van der Waals surface area contributed by atoms with Crippen LogP contribution in [-0.2, 0) is 4.74 Å². The average Bonchev–Trinajstić information content (AvgIpc) is 2.57. The summed E-state index contributed by atoms with van der Waals surface area (Å²) in [5.74, 6) is 2.43. The molecule has 4 rings (SSSR count). The second-order valence-electron chi connectivity index (χ2n) is 9.99. The van der Waals surface area contributed by atoms with Gasteiger partial charge in [0.2, 0.25) is 0 Å². The molecule has 0 N–H and O–H groups in total. The number of piperidine rings is 1. The second kappa shape index (κ2) is 6.07. The molecule has 0 spiro atoms. The molecule has 1 aliphatic heterocycles. The van der Waals surface area contributed by atoms with E-state index in [0.717, 1.165) is 0 Å². The van der Waals surface area contributed by atoms with Gasteiger partial charge >= 0.3 is 0 Å². The molecule has 0 aromatic carbocycles. The quantitative estimate of drug-likeness (QED) is 0.629. The van der Waals surface area contributed by atoms with Crippen LogP contribution in [0.5, 0.6) is 0 Å².